The number of nitrogens with one attached hydrogen (secondary N) is 1. The summed E-state index contributed by atoms with van der Waals surface area (Å²) in [5.41, 5.74) is 2.77. The van der Waals surface area contributed by atoms with E-state index in [0.717, 1.165) is 40.8 Å². The molecule has 0 aliphatic heterocycles. The first-order valence-electron chi connectivity index (χ1n) is 6.92. The number of aromatic nitrogens is 1. The molecule has 0 atom stereocenters. The van der Waals surface area contributed by atoms with Gasteiger partial charge in [0.1, 0.15) is 5.75 Å². The topological polar surface area (TPSA) is 42.1 Å². The van der Waals surface area contributed by atoms with Gasteiger partial charge in [-0.1, -0.05) is 18.9 Å². The van der Waals surface area contributed by atoms with Gasteiger partial charge >= 0.3 is 0 Å². The van der Waals surface area contributed by atoms with Crippen LogP contribution >= 0.6 is 0 Å². The Bertz CT molecular complexity index is 621. The van der Waals surface area contributed by atoms with Gasteiger partial charge in [0, 0.05) is 17.2 Å². The van der Waals surface area contributed by atoms with Crippen molar-refractivity contribution in [2.24, 2.45) is 5.92 Å². The van der Waals surface area contributed by atoms with Crippen LogP contribution in [0.1, 0.15) is 41.7 Å². The van der Waals surface area contributed by atoms with E-state index < -0.39 is 0 Å². The van der Waals surface area contributed by atoms with Gasteiger partial charge in [-0.2, -0.15) is 0 Å². The van der Waals surface area contributed by atoms with E-state index in [9.17, 15) is 4.79 Å². The molecule has 3 rings (SSSR count). The number of rotatable bonds is 3. The molecule has 0 spiro atoms. The Morgan fingerprint density at radius 3 is 2.74 bits per heavy atom. The molecule has 1 fully saturated rings. The van der Waals surface area contributed by atoms with Crippen LogP contribution in [0, 0.1) is 12.8 Å². The van der Waals surface area contributed by atoms with Gasteiger partial charge in [0.2, 0.25) is 0 Å². The normalized spacial score (nSPS) is 16.1. The highest BCUT2D eigenvalue weighted by Crippen LogP contribution is 2.35. The van der Waals surface area contributed by atoms with E-state index in [1.165, 1.54) is 12.8 Å². The largest absolute Gasteiger partial charge is 0.496 e. The van der Waals surface area contributed by atoms with Gasteiger partial charge in [0.05, 0.1) is 18.0 Å². The molecule has 1 aliphatic carbocycles. The van der Waals surface area contributed by atoms with E-state index >= 15 is 0 Å². The molecule has 1 aromatic carbocycles. The Morgan fingerprint density at radius 2 is 2.05 bits per heavy atom. The number of fused-ring (bicyclic) bond motifs is 1. The van der Waals surface area contributed by atoms with Gasteiger partial charge in [-0.3, -0.25) is 4.79 Å². The summed E-state index contributed by atoms with van der Waals surface area (Å²) < 4.78 is 5.42. The first-order valence-corrected chi connectivity index (χ1v) is 6.92. The maximum Gasteiger partial charge on any atom is 0.168 e. The fourth-order valence-electron chi connectivity index (χ4n) is 3.22. The number of carbonyl (C=O) groups is 1. The molecule has 0 unspecified atom stereocenters. The summed E-state index contributed by atoms with van der Waals surface area (Å²) >= 11 is 0. The number of H-pyrrole nitrogens is 1. The maximum atomic E-state index is 12.7. The van der Waals surface area contributed by atoms with E-state index in [1.54, 1.807) is 7.11 Å². The summed E-state index contributed by atoms with van der Waals surface area (Å²) in [6, 6.07) is 5.86. The molecule has 0 amide bonds. The van der Waals surface area contributed by atoms with Crippen LogP contribution in [0.15, 0.2) is 18.2 Å². The third-order valence-electron chi connectivity index (χ3n) is 4.17. The summed E-state index contributed by atoms with van der Waals surface area (Å²) in [6.45, 7) is 1.97. The third kappa shape index (κ3) is 1.93. The molecule has 2 aromatic rings. The lowest BCUT2D eigenvalue weighted by Crippen LogP contribution is -2.12. The van der Waals surface area contributed by atoms with E-state index in [2.05, 4.69) is 4.98 Å². The summed E-state index contributed by atoms with van der Waals surface area (Å²) in [4.78, 5) is 16.0. The van der Waals surface area contributed by atoms with Crippen molar-refractivity contribution >= 4 is 16.7 Å². The van der Waals surface area contributed by atoms with Crippen LogP contribution in [-0.4, -0.2) is 17.9 Å². The first kappa shape index (κ1) is 12.3. The number of carbonyl (C=O) groups excluding carboxylic acids is 1. The summed E-state index contributed by atoms with van der Waals surface area (Å²) in [7, 11) is 1.65. The second kappa shape index (κ2) is 4.72. The Labute approximate surface area is 113 Å². The van der Waals surface area contributed by atoms with Gasteiger partial charge < -0.3 is 9.72 Å². The molecule has 1 aliphatic rings. The molecule has 3 nitrogen and oxygen atoms in total. The van der Waals surface area contributed by atoms with Gasteiger partial charge in [-0.25, -0.2) is 0 Å². The number of ether oxygens (including phenoxy) is 1. The predicted octanol–water partition coefficient (Wildman–Crippen LogP) is 3.86. The maximum absolute atomic E-state index is 12.7. The molecule has 1 saturated carbocycles. The van der Waals surface area contributed by atoms with Crippen LogP contribution in [0.3, 0.4) is 0 Å². The molecule has 0 radical (unpaired) electrons. The zero-order valence-electron chi connectivity index (χ0n) is 11.5. The second-order valence-corrected chi connectivity index (χ2v) is 5.35. The van der Waals surface area contributed by atoms with Crippen molar-refractivity contribution in [3.8, 4) is 5.75 Å². The summed E-state index contributed by atoms with van der Waals surface area (Å²) in [5, 5.41) is 0.944. The third-order valence-corrected chi connectivity index (χ3v) is 4.17. The van der Waals surface area contributed by atoms with Gasteiger partial charge in [0.15, 0.2) is 5.78 Å². The number of Topliss-reactive ketones (excluding diaryl/α,β-unsaturated/α-hetero) is 1. The van der Waals surface area contributed by atoms with Crippen molar-refractivity contribution in [2.45, 2.75) is 32.6 Å². The lowest BCUT2D eigenvalue weighted by Gasteiger charge is -2.09. The lowest BCUT2D eigenvalue weighted by atomic mass is 9.94. The van der Waals surface area contributed by atoms with Crippen molar-refractivity contribution in [1.29, 1.82) is 0 Å². The fraction of sp³-hybridized carbons (Fsp3) is 0.438. The van der Waals surface area contributed by atoms with Crippen molar-refractivity contribution < 1.29 is 9.53 Å². The zero-order valence-corrected chi connectivity index (χ0v) is 11.5. The van der Waals surface area contributed by atoms with Crippen LogP contribution < -0.4 is 4.74 Å². The number of aryl methyl sites for hydroxylation is 1. The van der Waals surface area contributed by atoms with Crippen molar-refractivity contribution in [1.82, 2.24) is 4.98 Å². The highest BCUT2D eigenvalue weighted by molar-refractivity contribution is 6.12. The molecular weight excluding hydrogens is 238 g/mol. The minimum Gasteiger partial charge on any atom is -0.496 e. The number of benzene rings is 1. The van der Waals surface area contributed by atoms with E-state index in [1.807, 2.05) is 25.1 Å². The molecule has 1 heterocycles. The van der Waals surface area contributed by atoms with Gasteiger partial charge in [0.25, 0.3) is 0 Å². The Morgan fingerprint density at radius 1 is 1.32 bits per heavy atom. The average molecular weight is 257 g/mol. The number of hydrogen-bond donors (Lipinski definition) is 1. The molecular formula is C16H19NO2. The highest BCUT2D eigenvalue weighted by Gasteiger charge is 2.28. The molecule has 1 aromatic heterocycles. The number of aromatic amines is 1. The van der Waals surface area contributed by atoms with E-state index in [0.29, 0.717) is 0 Å². The standard InChI is InChI=1S/C16H19NO2/c1-10-14(16(18)11-6-3-4-7-11)15-12(17-10)8-5-9-13(15)19-2/h5,8-9,11,17H,3-4,6-7H2,1-2H3. The molecule has 3 heteroatoms. The Hall–Kier alpha value is -1.77. The van der Waals surface area contributed by atoms with Crippen LogP contribution in [0.5, 0.6) is 5.75 Å². The van der Waals surface area contributed by atoms with Crippen molar-refractivity contribution in [2.75, 3.05) is 7.11 Å². The molecule has 19 heavy (non-hydrogen) atoms. The van der Waals surface area contributed by atoms with E-state index in [-0.39, 0.29) is 11.7 Å². The van der Waals surface area contributed by atoms with Crippen LogP contribution in [0.25, 0.3) is 10.9 Å². The zero-order chi connectivity index (χ0) is 13.4. The SMILES string of the molecule is COc1cccc2[nH]c(C)c(C(=O)C3CCCC3)c12. The molecule has 1 N–H and O–H groups in total. The quantitative estimate of drug-likeness (QED) is 0.848. The van der Waals surface area contributed by atoms with Crippen molar-refractivity contribution in [3.05, 3.63) is 29.5 Å². The van der Waals surface area contributed by atoms with E-state index in [4.69, 9.17) is 4.74 Å². The fourth-order valence-corrected chi connectivity index (χ4v) is 3.22. The second-order valence-electron chi connectivity index (χ2n) is 5.35. The molecule has 0 bridgehead atoms. The Balaban J connectivity index is 2.16. The van der Waals surface area contributed by atoms with Gasteiger partial charge in [-0.15, -0.1) is 0 Å². The monoisotopic (exact) mass is 257 g/mol. The Kier molecular flexibility index (Phi) is 3.05. The summed E-state index contributed by atoms with van der Waals surface area (Å²) in [5.74, 6) is 1.26. The smallest absolute Gasteiger partial charge is 0.168 e. The number of ketones is 1. The van der Waals surface area contributed by atoms with Crippen LogP contribution in [-0.2, 0) is 0 Å². The minimum atomic E-state index is 0.197. The van der Waals surface area contributed by atoms with Gasteiger partial charge in [-0.05, 0) is 31.9 Å². The predicted molar refractivity (Wildman–Crippen MR) is 75.9 cm³/mol. The lowest BCUT2D eigenvalue weighted by molar-refractivity contribution is 0.0924. The molecule has 0 saturated heterocycles. The number of methoxy groups -OCH3 is 1. The number of hydrogen-bond acceptors (Lipinski definition) is 2. The minimum absolute atomic E-state index is 0.197. The van der Waals surface area contributed by atoms with Crippen LogP contribution in [0.4, 0.5) is 0 Å². The summed E-state index contributed by atoms with van der Waals surface area (Å²) in [6.07, 6.45) is 4.41. The average Bonchev–Trinajstić information content (AvgIpc) is 3.04. The highest BCUT2D eigenvalue weighted by atomic mass is 16.5. The van der Waals surface area contributed by atoms with Crippen molar-refractivity contribution in [3.63, 3.8) is 0 Å². The molecule has 100 valence electrons. The first-order chi connectivity index (χ1) is 9.22. The van der Waals surface area contributed by atoms with Crippen LogP contribution in [0.2, 0.25) is 0 Å².